The molecule has 0 aliphatic heterocycles. The molecular weight excluding hydrogens is 176 g/mol. The van der Waals surface area contributed by atoms with Crippen LogP contribution in [0.3, 0.4) is 0 Å². The number of carboxylic acid groups (broad SMARTS) is 1. The number of methoxy groups -OCH3 is 1. The van der Waals surface area contributed by atoms with Crippen molar-refractivity contribution < 1.29 is 24.2 Å². The SMILES string of the molecule is CC#CC(C)(OC(=O)OC)C(=O)O. The summed E-state index contributed by atoms with van der Waals surface area (Å²) < 4.78 is 8.60. The van der Waals surface area contributed by atoms with Crippen molar-refractivity contribution >= 4 is 12.1 Å². The van der Waals surface area contributed by atoms with Gasteiger partial charge in [-0.05, 0) is 19.8 Å². The standard InChI is InChI=1S/C8H10O5/c1-4-5-8(2,6(9)10)13-7(11)12-3/h1-3H3,(H,9,10). The van der Waals surface area contributed by atoms with Crippen molar-refractivity contribution in [2.24, 2.45) is 0 Å². The number of hydrogen-bond donors (Lipinski definition) is 1. The lowest BCUT2D eigenvalue weighted by Crippen LogP contribution is -2.38. The summed E-state index contributed by atoms with van der Waals surface area (Å²) in [5, 5.41) is 8.67. The van der Waals surface area contributed by atoms with Gasteiger partial charge in [-0.3, -0.25) is 0 Å². The quantitative estimate of drug-likeness (QED) is 0.506. The molecule has 0 fully saturated rings. The fraction of sp³-hybridized carbons (Fsp3) is 0.500. The normalized spacial score (nSPS) is 13.2. The fourth-order valence-electron chi connectivity index (χ4n) is 0.570. The van der Waals surface area contributed by atoms with Gasteiger partial charge in [-0.15, -0.1) is 5.92 Å². The van der Waals surface area contributed by atoms with E-state index < -0.39 is 17.7 Å². The Morgan fingerprint density at radius 3 is 2.31 bits per heavy atom. The Bertz CT molecular complexity index is 272. The second-order valence-electron chi connectivity index (χ2n) is 2.27. The van der Waals surface area contributed by atoms with E-state index in [-0.39, 0.29) is 0 Å². The van der Waals surface area contributed by atoms with Crippen molar-refractivity contribution in [3.63, 3.8) is 0 Å². The smallest absolute Gasteiger partial charge is 0.478 e. The van der Waals surface area contributed by atoms with Gasteiger partial charge >= 0.3 is 12.1 Å². The summed E-state index contributed by atoms with van der Waals surface area (Å²) in [6.07, 6.45) is -1.08. The minimum atomic E-state index is -1.85. The van der Waals surface area contributed by atoms with Crippen LogP contribution >= 0.6 is 0 Å². The van der Waals surface area contributed by atoms with Crippen molar-refractivity contribution in [1.29, 1.82) is 0 Å². The lowest BCUT2D eigenvalue weighted by Gasteiger charge is -2.17. The van der Waals surface area contributed by atoms with E-state index in [1.165, 1.54) is 13.8 Å². The summed E-state index contributed by atoms with van der Waals surface area (Å²) in [5.41, 5.74) is -1.85. The molecule has 1 N–H and O–H groups in total. The third-order valence-electron chi connectivity index (χ3n) is 1.23. The molecule has 0 bridgehead atoms. The fourth-order valence-corrected chi connectivity index (χ4v) is 0.570. The highest BCUT2D eigenvalue weighted by Gasteiger charge is 2.36. The van der Waals surface area contributed by atoms with Crippen LogP contribution < -0.4 is 0 Å². The monoisotopic (exact) mass is 186 g/mol. The highest BCUT2D eigenvalue weighted by Crippen LogP contribution is 2.10. The van der Waals surface area contributed by atoms with Crippen LogP contribution in [0.2, 0.25) is 0 Å². The van der Waals surface area contributed by atoms with E-state index in [9.17, 15) is 9.59 Å². The predicted octanol–water partition coefficient (Wildman–Crippen LogP) is 0.636. The first-order chi connectivity index (χ1) is 5.96. The topological polar surface area (TPSA) is 72.8 Å². The molecule has 0 spiro atoms. The summed E-state index contributed by atoms with van der Waals surface area (Å²) in [6.45, 7) is 2.62. The molecule has 0 aromatic heterocycles. The molecule has 0 saturated carbocycles. The van der Waals surface area contributed by atoms with Gasteiger partial charge in [0.15, 0.2) is 0 Å². The van der Waals surface area contributed by atoms with Gasteiger partial charge in [0, 0.05) is 0 Å². The van der Waals surface area contributed by atoms with Gasteiger partial charge in [-0.25, -0.2) is 9.59 Å². The lowest BCUT2D eigenvalue weighted by atomic mass is 10.1. The Kier molecular flexibility index (Phi) is 3.79. The van der Waals surface area contributed by atoms with E-state index in [0.717, 1.165) is 7.11 Å². The molecule has 5 nitrogen and oxygen atoms in total. The molecule has 0 aromatic carbocycles. The van der Waals surface area contributed by atoms with Crippen LogP contribution in [-0.4, -0.2) is 29.9 Å². The highest BCUT2D eigenvalue weighted by molar-refractivity contribution is 5.83. The maximum absolute atomic E-state index is 10.6. The molecule has 0 aromatic rings. The molecule has 0 amide bonds. The second-order valence-corrected chi connectivity index (χ2v) is 2.27. The molecule has 0 aliphatic rings. The van der Waals surface area contributed by atoms with Crippen LogP contribution in [-0.2, 0) is 14.3 Å². The number of carboxylic acids is 1. The van der Waals surface area contributed by atoms with Gasteiger partial charge in [-0.2, -0.15) is 0 Å². The third kappa shape index (κ3) is 3.03. The maximum atomic E-state index is 10.6. The number of ether oxygens (including phenoxy) is 2. The first kappa shape index (κ1) is 11.3. The van der Waals surface area contributed by atoms with E-state index in [1.807, 2.05) is 0 Å². The molecule has 1 atom stereocenters. The zero-order valence-electron chi connectivity index (χ0n) is 7.58. The molecule has 0 radical (unpaired) electrons. The number of rotatable bonds is 2. The number of carbonyl (C=O) groups excluding carboxylic acids is 1. The molecular formula is C8H10O5. The van der Waals surface area contributed by atoms with E-state index in [0.29, 0.717) is 0 Å². The van der Waals surface area contributed by atoms with Crippen LogP contribution in [0.4, 0.5) is 4.79 Å². The van der Waals surface area contributed by atoms with E-state index in [2.05, 4.69) is 21.3 Å². The molecule has 5 heteroatoms. The number of aliphatic carboxylic acids is 1. The summed E-state index contributed by atoms with van der Waals surface area (Å²) >= 11 is 0. The molecule has 13 heavy (non-hydrogen) atoms. The number of carbonyl (C=O) groups is 2. The van der Waals surface area contributed by atoms with E-state index >= 15 is 0 Å². The Hall–Kier alpha value is -1.70. The van der Waals surface area contributed by atoms with Gasteiger partial charge in [0.25, 0.3) is 5.60 Å². The minimum absolute atomic E-state index is 1.08. The average molecular weight is 186 g/mol. The van der Waals surface area contributed by atoms with Crippen LogP contribution in [0.15, 0.2) is 0 Å². The first-order valence-corrected chi connectivity index (χ1v) is 3.40. The predicted molar refractivity (Wildman–Crippen MR) is 43.0 cm³/mol. The van der Waals surface area contributed by atoms with Gasteiger partial charge in [0.05, 0.1) is 7.11 Å². The van der Waals surface area contributed by atoms with Crippen LogP contribution in [0.5, 0.6) is 0 Å². The van der Waals surface area contributed by atoms with Gasteiger partial charge in [-0.1, -0.05) is 0 Å². The maximum Gasteiger partial charge on any atom is 0.510 e. The zero-order chi connectivity index (χ0) is 10.5. The Labute approximate surface area is 75.6 Å². The minimum Gasteiger partial charge on any atom is -0.478 e. The molecule has 1 unspecified atom stereocenters. The largest absolute Gasteiger partial charge is 0.510 e. The Balaban J connectivity index is 4.68. The van der Waals surface area contributed by atoms with E-state index in [4.69, 9.17) is 5.11 Å². The summed E-state index contributed by atoms with van der Waals surface area (Å²) in [6, 6.07) is 0. The lowest BCUT2D eigenvalue weighted by molar-refractivity contribution is -0.152. The molecule has 72 valence electrons. The van der Waals surface area contributed by atoms with Crippen LogP contribution in [0.25, 0.3) is 0 Å². The molecule has 0 saturated heterocycles. The van der Waals surface area contributed by atoms with Gasteiger partial charge in [0.2, 0.25) is 0 Å². The van der Waals surface area contributed by atoms with Crippen LogP contribution in [0, 0.1) is 11.8 Å². The van der Waals surface area contributed by atoms with E-state index in [1.54, 1.807) is 0 Å². The Morgan fingerprint density at radius 1 is 1.46 bits per heavy atom. The van der Waals surface area contributed by atoms with Crippen molar-refractivity contribution in [2.45, 2.75) is 19.4 Å². The molecule has 0 aliphatic carbocycles. The van der Waals surface area contributed by atoms with Crippen molar-refractivity contribution in [3.8, 4) is 11.8 Å². The third-order valence-corrected chi connectivity index (χ3v) is 1.23. The number of hydrogen-bond acceptors (Lipinski definition) is 4. The summed E-state index contributed by atoms with van der Waals surface area (Å²) in [5.74, 6) is 3.27. The van der Waals surface area contributed by atoms with Crippen molar-refractivity contribution in [1.82, 2.24) is 0 Å². The first-order valence-electron chi connectivity index (χ1n) is 3.40. The van der Waals surface area contributed by atoms with Gasteiger partial charge in [0.1, 0.15) is 0 Å². The zero-order valence-corrected chi connectivity index (χ0v) is 7.58. The van der Waals surface area contributed by atoms with Crippen LogP contribution in [0.1, 0.15) is 13.8 Å². The molecule has 0 rings (SSSR count). The summed E-state index contributed by atoms with van der Waals surface area (Å²) in [4.78, 5) is 21.3. The molecule has 0 heterocycles. The Morgan fingerprint density at radius 2 is 2.00 bits per heavy atom. The second kappa shape index (κ2) is 4.36. The van der Waals surface area contributed by atoms with Gasteiger partial charge < -0.3 is 14.6 Å². The van der Waals surface area contributed by atoms with Crippen molar-refractivity contribution in [2.75, 3.05) is 7.11 Å². The average Bonchev–Trinajstić information content (AvgIpc) is 2.04. The summed E-state index contributed by atoms with van der Waals surface area (Å²) in [7, 11) is 1.09. The van der Waals surface area contributed by atoms with Crippen molar-refractivity contribution in [3.05, 3.63) is 0 Å². The highest BCUT2D eigenvalue weighted by atomic mass is 16.7.